The highest BCUT2D eigenvalue weighted by molar-refractivity contribution is 6.01. The van der Waals surface area contributed by atoms with Crippen LogP contribution >= 0.6 is 0 Å². The maximum atomic E-state index is 12.7. The van der Waals surface area contributed by atoms with Gasteiger partial charge in [-0.05, 0) is 48.0 Å². The Balaban J connectivity index is 1.58. The van der Waals surface area contributed by atoms with Gasteiger partial charge in [-0.3, -0.25) is 4.79 Å². The van der Waals surface area contributed by atoms with Crippen LogP contribution in [0.1, 0.15) is 28.4 Å². The Kier molecular flexibility index (Phi) is 8.01. The number of amides is 1. The van der Waals surface area contributed by atoms with Gasteiger partial charge in [0.25, 0.3) is 5.91 Å². The second-order valence-corrected chi connectivity index (χ2v) is 7.44. The molecule has 0 spiro atoms. The molecule has 0 radical (unpaired) electrons. The molecule has 1 fully saturated rings. The molecule has 0 unspecified atom stereocenters. The topological polar surface area (TPSA) is 82.9 Å². The number of rotatable bonds is 7. The van der Waals surface area contributed by atoms with Gasteiger partial charge in [0.15, 0.2) is 0 Å². The van der Waals surface area contributed by atoms with E-state index >= 15 is 0 Å². The van der Waals surface area contributed by atoms with Gasteiger partial charge in [-0.2, -0.15) is 5.26 Å². The number of esters is 1. The van der Waals surface area contributed by atoms with E-state index in [0.717, 1.165) is 30.8 Å². The molecule has 0 N–H and O–H groups in total. The minimum absolute atomic E-state index is 0.134. The quantitative estimate of drug-likeness (QED) is 0.379. The number of carbonyl (C=O) groups excluding carboxylic acids is 2. The molecule has 1 saturated heterocycles. The van der Waals surface area contributed by atoms with Gasteiger partial charge in [0.2, 0.25) is 0 Å². The minimum Gasteiger partial charge on any atom is -0.489 e. The second kappa shape index (κ2) is 11.1. The van der Waals surface area contributed by atoms with Crippen LogP contribution in [0.4, 0.5) is 0 Å². The number of nitriles is 1. The molecule has 1 heterocycles. The van der Waals surface area contributed by atoms with E-state index in [1.807, 2.05) is 30.3 Å². The summed E-state index contributed by atoms with van der Waals surface area (Å²) in [6.07, 6.45) is 1.61. The van der Waals surface area contributed by atoms with Gasteiger partial charge in [-0.25, -0.2) is 4.79 Å². The van der Waals surface area contributed by atoms with Gasteiger partial charge in [-0.1, -0.05) is 31.2 Å². The van der Waals surface area contributed by atoms with Gasteiger partial charge >= 0.3 is 5.97 Å². The Hall–Kier alpha value is -3.63. The minimum atomic E-state index is -0.375. The fourth-order valence-corrected chi connectivity index (χ4v) is 3.43. The van der Waals surface area contributed by atoms with Crippen LogP contribution in [0.5, 0.6) is 5.75 Å². The van der Waals surface area contributed by atoms with E-state index < -0.39 is 0 Å². The Bertz CT molecular complexity index is 999. The highest BCUT2D eigenvalue weighted by Gasteiger charge is 2.22. The number of methoxy groups -OCH3 is 1. The molecule has 32 heavy (non-hydrogen) atoms. The van der Waals surface area contributed by atoms with Crippen molar-refractivity contribution in [3.8, 4) is 11.8 Å². The monoisotopic (exact) mass is 433 g/mol. The van der Waals surface area contributed by atoms with Crippen molar-refractivity contribution in [2.45, 2.75) is 13.5 Å². The summed E-state index contributed by atoms with van der Waals surface area (Å²) >= 11 is 0. The smallest absolute Gasteiger partial charge is 0.337 e. The van der Waals surface area contributed by atoms with Crippen LogP contribution in [0.25, 0.3) is 6.08 Å². The van der Waals surface area contributed by atoms with Crippen molar-refractivity contribution in [2.75, 3.05) is 39.8 Å². The molecule has 0 atom stereocenters. The predicted octanol–water partition coefficient (Wildman–Crippen LogP) is 3.12. The fraction of sp³-hybridized carbons (Fsp3) is 0.320. The summed E-state index contributed by atoms with van der Waals surface area (Å²) < 4.78 is 10.5. The summed E-state index contributed by atoms with van der Waals surface area (Å²) in [5, 5.41) is 9.49. The summed E-state index contributed by atoms with van der Waals surface area (Å²) in [5.74, 6) is 0.0678. The number of benzene rings is 2. The Morgan fingerprint density at radius 1 is 1.03 bits per heavy atom. The van der Waals surface area contributed by atoms with Crippen molar-refractivity contribution >= 4 is 18.0 Å². The third-order valence-corrected chi connectivity index (χ3v) is 5.43. The maximum Gasteiger partial charge on any atom is 0.337 e. The molecule has 0 saturated carbocycles. The SMILES string of the molecule is CCN1CCN(C(=O)/C(C#N)=C/c2ccc(OCc3ccc(C(=O)OC)cc3)cc2)CC1. The van der Waals surface area contributed by atoms with Gasteiger partial charge in [0.1, 0.15) is 24.0 Å². The molecular weight excluding hydrogens is 406 g/mol. The third kappa shape index (κ3) is 5.96. The van der Waals surface area contributed by atoms with Crippen LogP contribution in [-0.2, 0) is 16.1 Å². The standard InChI is InChI=1S/C25H27N3O4/c1-3-27-12-14-28(15-13-27)24(29)22(17-26)16-19-6-10-23(11-7-19)32-18-20-4-8-21(9-5-20)25(30)31-2/h4-11,16H,3,12-15,18H2,1-2H3/b22-16+. The molecule has 2 aromatic carbocycles. The van der Waals surface area contributed by atoms with Crippen molar-refractivity contribution in [1.82, 2.24) is 9.80 Å². The van der Waals surface area contributed by atoms with Gasteiger partial charge in [0.05, 0.1) is 12.7 Å². The lowest BCUT2D eigenvalue weighted by molar-refractivity contribution is -0.128. The van der Waals surface area contributed by atoms with Crippen LogP contribution in [0.2, 0.25) is 0 Å². The predicted molar refractivity (Wildman–Crippen MR) is 121 cm³/mol. The molecule has 166 valence electrons. The molecular formula is C25H27N3O4. The third-order valence-electron chi connectivity index (χ3n) is 5.43. The number of carbonyl (C=O) groups is 2. The second-order valence-electron chi connectivity index (χ2n) is 7.44. The molecule has 1 aliphatic heterocycles. The van der Waals surface area contributed by atoms with Crippen molar-refractivity contribution in [3.63, 3.8) is 0 Å². The number of likely N-dealkylation sites (N-methyl/N-ethyl adjacent to an activating group) is 1. The Morgan fingerprint density at radius 3 is 2.25 bits per heavy atom. The van der Waals surface area contributed by atoms with E-state index in [1.165, 1.54) is 7.11 Å². The molecule has 0 aliphatic carbocycles. The first-order valence-electron chi connectivity index (χ1n) is 10.6. The average molecular weight is 434 g/mol. The summed E-state index contributed by atoms with van der Waals surface area (Å²) in [6, 6.07) is 16.3. The number of ether oxygens (including phenoxy) is 2. The zero-order valence-electron chi connectivity index (χ0n) is 18.4. The Labute approximate surface area is 188 Å². The lowest BCUT2D eigenvalue weighted by Gasteiger charge is -2.33. The van der Waals surface area contributed by atoms with E-state index in [9.17, 15) is 14.9 Å². The normalized spacial score (nSPS) is 14.5. The number of hydrogen-bond acceptors (Lipinski definition) is 6. The summed E-state index contributed by atoms with van der Waals surface area (Å²) in [6.45, 7) is 6.36. The maximum absolute atomic E-state index is 12.7. The average Bonchev–Trinajstić information content (AvgIpc) is 2.86. The van der Waals surface area contributed by atoms with Crippen molar-refractivity contribution in [2.24, 2.45) is 0 Å². The number of piperazine rings is 1. The largest absolute Gasteiger partial charge is 0.489 e. The van der Waals surface area contributed by atoms with Crippen molar-refractivity contribution < 1.29 is 19.1 Å². The van der Waals surface area contributed by atoms with Crippen LogP contribution in [-0.4, -0.2) is 61.5 Å². The molecule has 0 aromatic heterocycles. The molecule has 7 nitrogen and oxygen atoms in total. The molecule has 3 rings (SSSR count). The van der Waals surface area contributed by atoms with E-state index in [0.29, 0.717) is 31.0 Å². The lowest BCUT2D eigenvalue weighted by atomic mass is 10.1. The molecule has 1 amide bonds. The lowest BCUT2D eigenvalue weighted by Crippen LogP contribution is -2.48. The number of nitrogens with zero attached hydrogens (tertiary/aromatic N) is 3. The van der Waals surface area contributed by atoms with E-state index in [-0.39, 0.29) is 17.4 Å². The van der Waals surface area contributed by atoms with Crippen LogP contribution in [0.15, 0.2) is 54.1 Å². The highest BCUT2D eigenvalue weighted by Crippen LogP contribution is 2.18. The summed E-state index contributed by atoms with van der Waals surface area (Å²) in [7, 11) is 1.35. The summed E-state index contributed by atoms with van der Waals surface area (Å²) in [4.78, 5) is 28.2. The van der Waals surface area contributed by atoms with Crippen molar-refractivity contribution in [3.05, 3.63) is 70.8 Å². The van der Waals surface area contributed by atoms with Gasteiger partial charge in [-0.15, -0.1) is 0 Å². The zero-order valence-corrected chi connectivity index (χ0v) is 18.4. The van der Waals surface area contributed by atoms with Crippen molar-refractivity contribution in [1.29, 1.82) is 5.26 Å². The Morgan fingerprint density at radius 2 is 1.69 bits per heavy atom. The first-order chi connectivity index (χ1) is 15.5. The zero-order chi connectivity index (χ0) is 22.9. The molecule has 0 bridgehead atoms. The van der Waals surface area contributed by atoms with Crippen LogP contribution in [0, 0.1) is 11.3 Å². The highest BCUT2D eigenvalue weighted by atomic mass is 16.5. The summed E-state index contributed by atoms with van der Waals surface area (Å²) in [5.41, 5.74) is 2.30. The first kappa shape index (κ1) is 23.0. The fourth-order valence-electron chi connectivity index (χ4n) is 3.43. The molecule has 1 aliphatic rings. The number of hydrogen-bond donors (Lipinski definition) is 0. The van der Waals surface area contributed by atoms with E-state index in [4.69, 9.17) is 4.74 Å². The molecule has 7 heteroatoms. The molecule has 2 aromatic rings. The van der Waals surface area contributed by atoms with E-state index in [2.05, 4.69) is 16.6 Å². The van der Waals surface area contributed by atoms with Crippen LogP contribution in [0.3, 0.4) is 0 Å². The van der Waals surface area contributed by atoms with Gasteiger partial charge < -0.3 is 19.3 Å². The van der Waals surface area contributed by atoms with Crippen LogP contribution < -0.4 is 4.74 Å². The first-order valence-corrected chi connectivity index (χ1v) is 10.6. The van der Waals surface area contributed by atoms with Gasteiger partial charge in [0, 0.05) is 26.2 Å². The van der Waals surface area contributed by atoms with E-state index in [1.54, 1.807) is 35.2 Å².